The van der Waals surface area contributed by atoms with Gasteiger partial charge in [-0.25, -0.2) is 9.13 Å². The molecule has 0 aliphatic heterocycles. The molecule has 0 bridgehead atoms. The zero-order chi connectivity index (χ0) is 65.6. The summed E-state index contributed by atoms with van der Waals surface area (Å²) >= 11 is 0. The first-order valence-corrected chi connectivity index (χ1v) is 39.6. The summed E-state index contributed by atoms with van der Waals surface area (Å²) in [5, 5.41) is 10.5. The SMILES string of the molecule is CCCCCCCCCCCCCCCCCCCCC(=O)O[C@H](COC(=O)CCCCCCCCCCCCCCCCC(C)C)COP(=O)(O)OC[C@@H](O)COP(=O)(O)OC[C@@H](COC(=O)CCCCCCCCC)OC(=O)CCCCCCCCC. The van der Waals surface area contributed by atoms with Gasteiger partial charge < -0.3 is 33.8 Å². The summed E-state index contributed by atoms with van der Waals surface area (Å²) < 4.78 is 68.0. The summed E-state index contributed by atoms with van der Waals surface area (Å²) in [6.07, 6.45) is 50.3. The minimum absolute atomic E-state index is 0.104. The Bertz CT molecular complexity index is 1720. The molecule has 0 aromatic heterocycles. The van der Waals surface area contributed by atoms with Crippen LogP contribution in [0.3, 0.4) is 0 Å². The first-order valence-electron chi connectivity index (χ1n) is 36.6. The monoisotopic (exact) mass is 1310 g/mol. The Kier molecular flexibility index (Phi) is 62.1. The molecule has 89 heavy (non-hydrogen) atoms. The third-order valence-corrected chi connectivity index (χ3v) is 18.2. The van der Waals surface area contributed by atoms with Gasteiger partial charge in [-0.15, -0.1) is 0 Å². The van der Waals surface area contributed by atoms with Crippen molar-refractivity contribution >= 4 is 39.5 Å². The standard InChI is InChI=1S/C70H136O17P2/c1-6-9-12-15-18-19-20-21-22-23-24-25-30-33-36-41-46-51-56-70(75)87-66(60-81-68(73)54-49-44-40-35-32-29-27-26-28-31-34-39-42-47-52-63(4)5)62-85-89(78,79)83-58-64(71)57-82-88(76,77)84-61-65(86-69(74)55-50-45-38-17-14-11-8-3)59-80-67(72)53-48-43-37-16-13-10-7-2/h63-66,71H,6-62H2,1-5H3,(H,76,77)(H,78,79)/t64-,65+,66+/m0/s1. The predicted octanol–water partition coefficient (Wildman–Crippen LogP) is 20.1. The van der Waals surface area contributed by atoms with E-state index in [1.165, 1.54) is 161 Å². The normalized spacial score (nSPS) is 14.1. The van der Waals surface area contributed by atoms with Crippen molar-refractivity contribution < 1.29 is 80.2 Å². The molecule has 0 aliphatic rings. The molecule has 19 heteroatoms. The molecule has 0 amide bonds. The third-order valence-electron chi connectivity index (χ3n) is 16.3. The maximum absolute atomic E-state index is 13.0. The number of esters is 4. The summed E-state index contributed by atoms with van der Waals surface area (Å²) in [6.45, 7) is 7.18. The van der Waals surface area contributed by atoms with Crippen LogP contribution >= 0.6 is 15.6 Å². The van der Waals surface area contributed by atoms with Crippen LogP contribution < -0.4 is 0 Å². The fraction of sp³-hybridized carbons (Fsp3) is 0.943. The van der Waals surface area contributed by atoms with Gasteiger partial charge in [-0.1, -0.05) is 311 Å². The summed E-state index contributed by atoms with van der Waals surface area (Å²) in [5.41, 5.74) is 0. The number of unbranched alkanes of at least 4 members (excludes halogenated alkanes) is 42. The molecular weight excluding hydrogens is 1170 g/mol. The van der Waals surface area contributed by atoms with E-state index in [1.807, 2.05) is 0 Å². The predicted molar refractivity (Wildman–Crippen MR) is 358 cm³/mol. The molecule has 0 heterocycles. The Hall–Kier alpha value is -1.94. The maximum atomic E-state index is 13.0. The molecule has 0 saturated heterocycles. The first kappa shape index (κ1) is 87.1. The highest BCUT2D eigenvalue weighted by atomic mass is 31.2. The molecule has 2 unspecified atom stereocenters. The van der Waals surface area contributed by atoms with Crippen LogP contribution in [0.15, 0.2) is 0 Å². The lowest BCUT2D eigenvalue weighted by molar-refractivity contribution is -0.161. The molecule has 0 spiro atoms. The van der Waals surface area contributed by atoms with Gasteiger partial charge in [0.05, 0.1) is 26.4 Å². The Morgan fingerprint density at radius 2 is 0.517 bits per heavy atom. The van der Waals surface area contributed by atoms with Crippen molar-refractivity contribution in [2.24, 2.45) is 5.92 Å². The van der Waals surface area contributed by atoms with Crippen LogP contribution in [0.1, 0.15) is 362 Å². The fourth-order valence-electron chi connectivity index (χ4n) is 10.6. The molecule has 0 aromatic carbocycles. The Morgan fingerprint density at radius 3 is 0.764 bits per heavy atom. The van der Waals surface area contributed by atoms with E-state index in [9.17, 15) is 43.2 Å². The van der Waals surface area contributed by atoms with E-state index in [0.29, 0.717) is 25.7 Å². The van der Waals surface area contributed by atoms with Gasteiger partial charge in [-0.3, -0.25) is 37.3 Å². The highest BCUT2D eigenvalue weighted by Crippen LogP contribution is 2.45. The van der Waals surface area contributed by atoms with Gasteiger partial charge in [-0.2, -0.15) is 0 Å². The summed E-state index contributed by atoms with van der Waals surface area (Å²) in [7, 11) is -9.89. The summed E-state index contributed by atoms with van der Waals surface area (Å²) in [5.74, 6) is -1.33. The molecule has 0 aliphatic carbocycles. The largest absolute Gasteiger partial charge is 0.472 e. The number of phosphoric ester groups is 2. The van der Waals surface area contributed by atoms with Crippen molar-refractivity contribution in [2.45, 2.75) is 380 Å². The van der Waals surface area contributed by atoms with Gasteiger partial charge in [0.2, 0.25) is 0 Å². The van der Waals surface area contributed by atoms with Crippen molar-refractivity contribution in [3.63, 3.8) is 0 Å². The second-order valence-corrected chi connectivity index (χ2v) is 28.7. The van der Waals surface area contributed by atoms with Crippen molar-refractivity contribution in [1.29, 1.82) is 0 Å². The van der Waals surface area contributed by atoms with Gasteiger partial charge in [0, 0.05) is 25.7 Å². The molecule has 0 rings (SSSR count). The van der Waals surface area contributed by atoms with Crippen LogP contribution in [0.2, 0.25) is 0 Å². The molecule has 5 atom stereocenters. The molecule has 3 N–H and O–H groups in total. The van der Waals surface area contributed by atoms with Crippen molar-refractivity contribution in [1.82, 2.24) is 0 Å². The van der Waals surface area contributed by atoms with Gasteiger partial charge in [-0.05, 0) is 31.6 Å². The average molecular weight is 1310 g/mol. The number of aliphatic hydroxyl groups excluding tert-OH is 1. The van der Waals surface area contributed by atoms with E-state index in [2.05, 4.69) is 34.6 Å². The molecule has 17 nitrogen and oxygen atoms in total. The van der Waals surface area contributed by atoms with Gasteiger partial charge >= 0.3 is 39.5 Å². The topological polar surface area (TPSA) is 237 Å². The summed E-state index contributed by atoms with van der Waals surface area (Å²) in [4.78, 5) is 72.2. The van der Waals surface area contributed by atoms with E-state index >= 15 is 0 Å². The Morgan fingerprint density at radius 1 is 0.303 bits per heavy atom. The van der Waals surface area contributed by atoms with Crippen LogP contribution in [0.5, 0.6) is 0 Å². The lowest BCUT2D eigenvalue weighted by atomic mass is 10.0. The molecule has 0 radical (unpaired) electrons. The van der Waals surface area contributed by atoms with Gasteiger partial charge in [0.1, 0.15) is 19.3 Å². The van der Waals surface area contributed by atoms with Crippen molar-refractivity contribution in [3.05, 3.63) is 0 Å². The van der Waals surface area contributed by atoms with E-state index < -0.39 is 97.5 Å². The Labute approximate surface area is 543 Å². The molecule has 0 fully saturated rings. The second kappa shape index (κ2) is 63.5. The van der Waals surface area contributed by atoms with Crippen LogP contribution in [0, 0.1) is 5.92 Å². The van der Waals surface area contributed by atoms with E-state index in [-0.39, 0.29) is 25.7 Å². The number of carbonyl (C=O) groups excluding carboxylic acids is 4. The van der Waals surface area contributed by atoms with Gasteiger partial charge in [0.15, 0.2) is 12.2 Å². The smallest absolute Gasteiger partial charge is 0.462 e. The lowest BCUT2D eigenvalue weighted by Gasteiger charge is -2.21. The quantitative estimate of drug-likeness (QED) is 0.0222. The zero-order valence-corrected chi connectivity index (χ0v) is 59.4. The lowest BCUT2D eigenvalue weighted by Crippen LogP contribution is -2.30. The highest BCUT2D eigenvalue weighted by Gasteiger charge is 2.30. The molecule has 0 saturated carbocycles. The van der Waals surface area contributed by atoms with Gasteiger partial charge in [0.25, 0.3) is 0 Å². The fourth-order valence-corrected chi connectivity index (χ4v) is 12.2. The number of aliphatic hydroxyl groups is 1. The third kappa shape index (κ3) is 64.6. The number of hydrogen-bond donors (Lipinski definition) is 3. The average Bonchev–Trinajstić information content (AvgIpc) is 3.55. The molecular formula is C70H136O17P2. The number of carbonyl (C=O) groups is 4. The zero-order valence-electron chi connectivity index (χ0n) is 57.6. The molecule has 528 valence electrons. The van der Waals surface area contributed by atoms with Crippen molar-refractivity contribution in [3.8, 4) is 0 Å². The first-order chi connectivity index (χ1) is 43.0. The van der Waals surface area contributed by atoms with E-state index in [4.69, 9.17) is 37.0 Å². The maximum Gasteiger partial charge on any atom is 0.472 e. The highest BCUT2D eigenvalue weighted by molar-refractivity contribution is 7.47. The number of rotatable bonds is 70. The van der Waals surface area contributed by atoms with Crippen LogP contribution in [0.25, 0.3) is 0 Å². The van der Waals surface area contributed by atoms with Crippen LogP contribution in [-0.2, 0) is 65.4 Å². The van der Waals surface area contributed by atoms with Crippen LogP contribution in [0.4, 0.5) is 0 Å². The second-order valence-electron chi connectivity index (χ2n) is 25.7. The number of ether oxygens (including phenoxy) is 4. The van der Waals surface area contributed by atoms with E-state index in [0.717, 1.165) is 121 Å². The number of hydrogen-bond acceptors (Lipinski definition) is 15. The van der Waals surface area contributed by atoms with E-state index in [1.54, 1.807) is 0 Å². The minimum Gasteiger partial charge on any atom is -0.462 e. The van der Waals surface area contributed by atoms with Crippen molar-refractivity contribution in [2.75, 3.05) is 39.6 Å². The molecule has 0 aromatic rings. The minimum atomic E-state index is -4.95. The Balaban J connectivity index is 5.14. The van der Waals surface area contributed by atoms with Crippen LogP contribution in [-0.4, -0.2) is 96.7 Å². The summed E-state index contributed by atoms with van der Waals surface area (Å²) in [6, 6.07) is 0. The number of phosphoric acid groups is 2.